The lowest BCUT2D eigenvalue weighted by Crippen LogP contribution is -2.23. The number of ketones is 1. The second-order valence-corrected chi connectivity index (χ2v) is 9.42. The highest BCUT2D eigenvalue weighted by atomic mass is 16.5. The predicted molar refractivity (Wildman–Crippen MR) is 136 cm³/mol. The van der Waals surface area contributed by atoms with Crippen molar-refractivity contribution in [2.45, 2.75) is 83.3 Å². The molecule has 0 spiro atoms. The van der Waals surface area contributed by atoms with E-state index in [1.807, 2.05) is 36.4 Å². The molecule has 0 aliphatic heterocycles. The number of carbonyl (C=O) groups excluding carboxylic acids is 2. The number of hydrogen-bond donors (Lipinski definition) is 3. The number of anilines is 1. The number of aliphatic hydroxyl groups excluding tert-OH is 1. The molecule has 188 valence electrons. The van der Waals surface area contributed by atoms with Crippen molar-refractivity contribution < 1.29 is 24.5 Å². The Morgan fingerprint density at radius 1 is 1.18 bits per heavy atom. The van der Waals surface area contributed by atoms with Gasteiger partial charge in [0.15, 0.2) is 0 Å². The van der Waals surface area contributed by atoms with Gasteiger partial charge in [0, 0.05) is 23.9 Å². The molecular weight excluding hydrogens is 430 g/mol. The van der Waals surface area contributed by atoms with Crippen molar-refractivity contribution in [3.8, 4) is 0 Å². The summed E-state index contributed by atoms with van der Waals surface area (Å²) in [6.07, 6.45) is 13.5. The molecule has 0 radical (unpaired) electrons. The van der Waals surface area contributed by atoms with Crippen molar-refractivity contribution in [2.75, 3.05) is 11.9 Å². The summed E-state index contributed by atoms with van der Waals surface area (Å²) in [5.74, 6) is -0.430. The third-order valence-electron chi connectivity index (χ3n) is 6.27. The van der Waals surface area contributed by atoms with E-state index in [9.17, 15) is 19.8 Å². The van der Waals surface area contributed by atoms with Crippen LogP contribution < -0.4 is 5.32 Å². The fourth-order valence-electron chi connectivity index (χ4n) is 4.23. The lowest BCUT2D eigenvalue weighted by molar-refractivity contribution is -0.121. The molecule has 1 aliphatic carbocycles. The Balaban J connectivity index is 1.68. The van der Waals surface area contributed by atoms with E-state index in [2.05, 4.69) is 12.2 Å². The Bertz CT molecular complexity index is 802. The number of nitrogens with one attached hydrogen (secondary N) is 1. The van der Waals surface area contributed by atoms with E-state index in [1.54, 1.807) is 25.1 Å². The fraction of sp³-hybridized carbons (Fsp3) is 0.571. The van der Waals surface area contributed by atoms with Crippen molar-refractivity contribution in [1.82, 2.24) is 0 Å². The van der Waals surface area contributed by atoms with Gasteiger partial charge >= 0.3 is 6.09 Å². The smallest absolute Gasteiger partial charge is 0.411 e. The van der Waals surface area contributed by atoms with Crippen molar-refractivity contribution in [3.05, 3.63) is 54.6 Å². The summed E-state index contributed by atoms with van der Waals surface area (Å²) in [6, 6.07) is 9.18. The van der Waals surface area contributed by atoms with E-state index in [0.717, 1.165) is 38.5 Å². The monoisotopic (exact) mass is 471 g/mol. The van der Waals surface area contributed by atoms with Crippen LogP contribution in [0.15, 0.2) is 54.6 Å². The Kier molecular flexibility index (Phi) is 12.1. The van der Waals surface area contributed by atoms with Gasteiger partial charge in [0.2, 0.25) is 0 Å². The predicted octanol–water partition coefficient (Wildman–Crippen LogP) is 5.81. The highest BCUT2D eigenvalue weighted by molar-refractivity contribution is 5.85. The van der Waals surface area contributed by atoms with E-state index in [4.69, 9.17) is 4.74 Å². The number of allylic oxidation sites excluding steroid dienone is 2. The van der Waals surface area contributed by atoms with Crippen molar-refractivity contribution in [2.24, 2.45) is 11.8 Å². The van der Waals surface area contributed by atoms with Crippen molar-refractivity contribution in [1.29, 1.82) is 0 Å². The lowest BCUT2D eigenvalue weighted by Gasteiger charge is -2.21. The molecule has 6 nitrogen and oxygen atoms in total. The number of Topliss-reactive ketones (excluding diaryl/α,β-unsaturated/α-hetero) is 1. The van der Waals surface area contributed by atoms with Gasteiger partial charge in [0.25, 0.3) is 0 Å². The van der Waals surface area contributed by atoms with Gasteiger partial charge in [-0.2, -0.15) is 0 Å². The highest BCUT2D eigenvalue weighted by Crippen LogP contribution is 2.34. The number of ether oxygens (including phenoxy) is 1. The van der Waals surface area contributed by atoms with Crippen LogP contribution in [-0.4, -0.2) is 40.4 Å². The third-order valence-corrected chi connectivity index (χ3v) is 6.27. The van der Waals surface area contributed by atoms with Crippen LogP contribution in [0.25, 0.3) is 0 Å². The van der Waals surface area contributed by atoms with E-state index in [1.165, 1.54) is 0 Å². The molecule has 2 rings (SSSR count). The molecule has 0 aromatic heterocycles. The minimum absolute atomic E-state index is 0.0789. The molecule has 1 aromatic carbocycles. The molecule has 4 atom stereocenters. The number of benzene rings is 1. The minimum Gasteiger partial charge on any atom is -0.449 e. The molecule has 1 saturated carbocycles. The second kappa shape index (κ2) is 14.7. The highest BCUT2D eigenvalue weighted by Gasteiger charge is 2.39. The van der Waals surface area contributed by atoms with Crippen LogP contribution in [0.3, 0.4) is 0 Å². The molecule has 34 heavy (non-hydrogen) atoms. The number of aliphatic hydroxyl groups is 2. The molecular formula is C28H41NO5. The first-order valence-corrected chi connectivity index (χ1v) is 12.6. The van der Waals surface area contributed by atoms with Crippen LogP contribution >= 0.6 is 0 Å². The molecule has 0 bridgehead atoms. The maximum absolute atomic E-state index is 12.4. The molecule has 0 heterocycles. The van der Waals surface area contributed by atoms with E-state index in [0.29, 0.717) is 25.1 Å². The maximum atomic E-state index is 12.4. The average molecular weight is 472 g/mol. The average Bonchev–Trinajstić information content (AvgIpc) is 3.07. The van der Waals surface area contributed by atoms with Gasteiger partial charge in [-0.15, -0.1) is 0 Å². The maximum Gasteiger partial charge on any atom is 0.411 e. The van der Waals surface area contributed by atoms with Crippen molar-refractivity contribution in [3.63, 3.8) is 0 Å². The third kappa shape index (κ3) is 10.2. The van der Waals surface area contributed by atoms with Gasteiger partial charge in [-0.3, -0.25) is 10.1 Å². The molecule has 6 heteroatoms. The summed E-state index contributed by atoms with van der Waals surface area (Å²) >= 11 is 0. The largest absolute Gasteiger partial charge is 0.449 e. The number of para-hydroxylation sites is 1. The van der Waals surface area contributed by atoms with Crippen LogP contribution in [0.1, 0.15) is 71.6 Å². The zero-order chi connectivity index (χ0) is 24.8. The van der Waals surface area contributed by atoms with Gasteiger partial charge < -0.3 is 14.9 Å². The number of carbonyl (C=O) groups is 2. The zero-order valence-corrected chi connectivity index (χ0v) is 20.6. The summed E-state index contributed by atoms with van der Waals surface area (Å²) in [6.45, 7) is 4.26. The van der Waals surface area contributed by atoms with Gasteiger partial charge in [-0.25, -0.2) is 4.79 Å². The van der Waals surface area contributed by atoms with E-state index >= 15 is 0 Å². The summed E-state index contributed by atoms with van der Waals surface area (Å²) in [4.78, 5) is 24.1. The molecule has 1 fully saturated rings. The number of unbranched alkanes of at least 4 members (excludes halogenated alkanes) is 4. The van der Waals surface area contributed by atoms with Crippen molar-refractivity contribution >= 4 is 17.6 Å². The fourth-order valence-corrected chi connectivity index (χ4v) is 4.23. The van der Waals surface area contributed by atoms with Crippen LogP contribution in [0, 0.1) is 11.8 Å². The molecule has 1 amide bonds. The first-order chi connectivity index (χ1) is 16.3. The normalized spacial score (nSPS) is 22.4. The molecule has 0 unspecified atom stereocenters. The molecule has 1 aliphatic rings. The van der Waals surface area contributed by atoms with E-state index in [-0.39, 0.29) is 24.0 Å². The van der Waals surface area contributed by atoms with Crippen LogP contribution in [0.4, 0.5) is 10.5 Å². The standard InChI is InChI=1S/C28H41NO5/c1-3-4-12-18-28(2,33)19-17-24-23(25(30)21-26(24)31)16-11-6-5-7-13-20-34-27(32)29-22-14-9-8-10-15-22/h6,8-11,14-15,17,19,23-24,26,31,33H,3-5,7,12-13,16,18,20-21H2,1-2H3,(H,29,32)/b11-6-,19-17+/t23-,24-,26-,28+/m1/s1. The van der Waals surface area contributed by atoms with Gasteiger partial charge in [0.05, 0.1) is 18.3 Å². The van der Waals surface area contributed by atoms with Gasteiger partial charge in [-0.1, -0.05) is 68.7 Å². The quantitative estimate of drug-likeness (QED) is 0.235. The van der Waals surface area contributed by atoms with Gasteiger partial charge in [0.1, 0.15) is 5.78 Å². The van der Waals surface area contributed by atoms with Crippen LogP contribution in [0.5, 0.6) is 0 Å². The summed E-state index contributed by atoms with van der Waals surface area (Å²) in [5, 5.41) is 23.6. The summed E-state index contributed by atoms with van der Waals surface area (Å²) in [7, 11) is 0. The SMILES string of the molecule is CCCCC[C@](C)(O)/C=C/[C@H]1[C@H](O)CC(=O)[C@@H]1C/C=C\CCCCOC(=O)Nc1ccccc1. The van der Waals surface area contributed by atoms with Crippen LogP contribution in [0.2, 0.25) is 0 Å². The molecule has 0 saturated heterocycles. The Hall–Kier alpha value is -2.44. The number of hydrogen-bond acceptors (Lipinski definition) is 5. The summed E-state index contributed by atoms with van der Waals surface area (Å²) < 4.78 is 5.18. The Labute approximate surface area is 204 Å². The number of rotatable bonds is 14. The number of amides is 1. The topological polar surface area (TPSA) is 95.9 Å². The van der Waals surface area contributed by atoms with Crippen LogP contribution in [-0.2, 0) is 9.53 Å². The molecule has 1 aromatic rings. The Morgan fingerprint density at radius 3 is 2.68 bits per heavy atom. The molecule has 3 N–H and O–H groups in total. The van der Waals surface area contributed by atoms with Gasteiger partial charge in [-0.05, 0) is 51.2 Å². The second-order valence-electron chi connectivity index (χ2n) is 9.42. The first kappa shape index (κ1) is 27.8. The lowest BCUT2D eigenvalue weighted by atomic mass is 9.88. The zero-order valence-electron chi connectivity index (χ0n) is 20.6. The first-order valence-electron chi connectivity index (χ1n) is 12.6. The minimum atomic E-state index is -0.916. The Morgan fingerprint density at radius 2 is 1.94 bits per heavy atom. The van der Waals surface area contributed by atoms with E-state index < -0.39 is 17.8 Å². The summed E-state index contributed by atoms with van der Waals surface area (Å²) in [5.41, 5.74) is -0.212.